The van der Waals surface area contributed by atoms with E-state index in [-0.39, 0.29) is 34.5 Å². The first-order valence-corrected chi connectivity index (χ1v) is 6.55. The molecule has 5 heteroatoms. The second-order valence-electron chi connectivity index (χ2n) is 3.54. The van der Waals surface area contributed by atoms with Crippen LogP contribution in [0.5, 0.6) is 0 Å². The molecule has 0 saturated carbocycles. The Balaban J connectivity index is 0.00000225. The van der Waals surface area contributed by atoms with Crippen LogP contribution in [-0.2, 0) is 16.5 Å². The Morgan fingerprint density at radius 2 is 1.81 bits per heavy atom. The molecule has 0 radical (unpaired) electrons. The van der Waals surface area contributed by atoms with E-state index in [1.54, 1.807) is 18.2 Å². The third-order valence-electron chi connectivity index (χ3n) is 2.30. The van der Waals surface area contributed by atoms with Gasteiger partial charge in [-0.05, 0) is 24.5 Å². The van der Waals surface area contributed by atoms with Gasteiger partial charge >= 0.3 is 29.6 Å². The fraction of sp³-hybridized carbons (Fsp3) is 0.455. The van der Waals surface area contributed by atoms with E-state index in [4.69, 9.17) is 4.55 Å². The van der Waals surface area contributed by atoms with Crippen LogP contribution in [0.1, 0.15) is 31.7 Å². The summed E-state index contributed by atoms with van der Waals surface area (Å²) in [4.78, 5) is 0.0427. The maximum absolute atomic E-state index is 11.0. The molecule has 0 aliphatic heterocycles. The van der Waals surface area contributed by atoms with Gasteiger partial charge in [0.2, 0.25) is 0 Å². The first-order chi connectivity index (χ1) is 7.05. The van der Waals surface area contributed by atoms with Crippen LogP contribution < -0.4 is 0 Å². The molecular weight excluding hydrogens is 235 g/mol. The molecule has 0 aliphatic rings. The Kier molecular flexibility index (Phi) is 7.52. The molecule has 1 aromatic rings. The Hall–Kier alpha value is 0.130. The zero-order valence-corrected chi connectivity index (χ0v) is 9.63. The monoisotopic (exact) mass is 252 g/mol. The SMILES string of the molecule is CCCCCc1ccccc1S(=O)(=O)O.[NaH]. The fourth-order valence-electron chi connectivity index (χ4n) is 1.53. The molecule has 1 N–H and O–H groups in total. The van der Waals surface area contributed by atoms with Crippen molar-refractivity contribution in [3.63, 3.8) is 0 Å². The van der Waals surface area contributed by atoms with Gasteiger partial charge in [0.25, 0.3) is 10.1 Å². The molecule has 3 nitrogen and oxygen atoms in total. The van der Waals surface area contributed by atoms with E-state index in [2.05, 4.69) is 6.92 Å². The molecule has 0 spiro atoms. The van der Waals surface area contributed by atoms with E-state index in [1.807, 2.05) is 0 Å². The average molecular weight is 252 g/mol. The topological polar surface area (TPSA) is 54.4 Å². The van der Waals surface area contributed by atoms with Crippen molar-refractivity contribution < 1.29 is 13.0 Å². The zero-order chi connectivity index (χ0) is 11.3. The molecule has 0 saturated heterocycles. The summed E-state index contributed by atoms with van der Waals surface area (Å²) < 4.78 is 31.1. The molecule has 0 aliphatic carbocycles. The summed E-state index contributed by atoms with van der Waals surface area (Å²) in [5.74, 6) is 0. The van der Waals surface area contributed by atoms with Gasteiger partial charge in [-0.3, -0.25) is 4.55 Å². The summed E-state index contributed by atoms with van der Waals surface area (Å²) in [6.45, 7) is 2.09. The van der Waals surface area contributed by atoms with Gasteiger partial charge in [-0.15, -0.1) is 0 Å². The van der Waals surface area contributed by atoms with Crippen molar-refractivity contribution in [2.24, 2.45) is 0 Å². The maximum atomic E-state index is 11.0. The van der Waals surface area contributed by atoms with Crippen molar-refractivity contribution in [2.75, 3.05) is 0 Å². The number of aryl methyl sites for hydroxylation is 1. The summed E-state index contributed by atoms with van der Waals surface area (Å²) >= 11 is 0. The molecule has 0 atom stereocenters. The van der Waals surface area contributed by atoms with E-state index in [9.17, 15) is 8.42 Å². The molecular formula is C11H17NaO3S. The molecule has 1 rings (SSSR count). The van der Waals surface area contributed by atoms with Crippen molar-refractivity contribution in [1.82, 2.24) is 0 Å². The van der Waals surface area contributed by atoms with E-state index in [1.165, 1.54) is 6.07 Å². The molecule has 16 heavy (non-hydrogen) atoms. The van der Waals surface area contributed by atoms with Crippen molar-refractivity contribution in [2.45, 2.75) is 37.5 Å². The van der Waals surface area contributed by atoms with Gasteiger partial charge in [-0.1, -0.05) is 38.0 Å². The summed E-state index contributed by atoms with van der Waals surface area (Å²) in [5.41, 5.74) is 0.702. The predicted octanol–water partition coefficient (Wildman–Crippen LogP) is 2.02. The molecule has 1 aromatic carbocycles. The van der Waals surface area contributed by atoms with Gasteiger partial charge in [0.1, 0.15) is 0 Å². The second kappa shape index (κ2) is 7.45. The Bertz CT molecular complexity index is 415. The quantitative estimate of drug-likeness (QED) is 0.495. The third kappa shape index (κ3) is 4.97. The summed E-state index contributed by atoms with van der Waals surface area (Å²) in [5, 5.41) is 0. The van der Waals surface area contributed by atoms with Crippen LogP contribution >= 0.6 is 0 Å². The van der Waals surface area contributed by atoms with Gasteiger partial charge < -0.3 is 0 Å². The second-order valence-corrected chi connectivity index (χ2v) is 4.93. The van der Waals surface area contributed by atoms with Crippen LogP contribution in [0.15, 0.2) is 29.2 Å². The molecule has 0 fully saturated rings. The van der Waals surface area contributed by atoms with Gasteiger partial charge in [0, 0.05) is 0 Å². The van der Waals surface area contributed by atoms with Crippen molar-refractivity contribution in [3.05, 3.63) is 29.8 Å². The van der Waals surface area contributed by atoms with E-state index in [0.29, 0.717) is 12.0 Å². The van der Waals surface area contributed by atoms with Crippen LogP contribution in [0.25, 0.3) is 0 Å². The number of benzene rings is 1. The molecule has 86 valence electrons. The average Bonchev–Trinajstić information content (AvgIpc) is 2.17. The fourth-order valence-corrected chi connectivity index (χ4v) is 2.28. The Morgan fingerprint density at radius 3 is 2.38 bits per heavy atom. The summed E-state index contributed by atoms with van der Waals surface area (Å²) in [7, 11) is -4.07. The molecule has 0 unspecified atom stereocenters. The molecule has 0 amide bonds. The van der Waals surface area contributed by atoms with Gasteiger partial charge in [0.05, 0.1) is 4.90 Å². The third-order valence-corrected chi connectivity index (χ3v) is 3.25. The van der Waals surface area contributed by atoms with Gasteiger partial charge in [-0.25, -0.2) is 0 Å². The number of hydrogen-bond acceptors (Lipinski definition) is 2. The van der Waals surface area contributed by atoms with Crippen LogP contribution in [-0.4, -0.2) is 42.5 Å². The van der Waals surface area contributed by atoms with Gasteiger partial charge in [-0.2, -0.15) is 8.42 Å². The Morgan fingerprint density at radius 1 is 1.19 bits per heavy atom. The Labute approximate surface area is 119 Å². The zero-order valence-electron chi connectivity index (χ0n) is 8.81. The van der Waals surface area contributed by atoms with Crippen LogP contribution in [0, 0.1) is 0 Å². The van der Waals surface area contributed by atoms with Crippen LogP contribution in [0.3, 0.4) is 0 Å². The van der Waals surface area contributed by atoms with Crippen molar-refractivity contribution >= 4 is 39.7 Å². The minimum atomic E-state index is -4.07. The number of hydrogen-bond donors (Lipinski definition) is 1. The van der Waals surface area contributed by atoms with Crippen molar-refractivity contribution in [1.29, 1.82) is 0 Å². The minimum absolute atomic E-state index is 0. The standard InChI is InChI=1S/C11H16O3S.Na.H/c1-2-3-4-7-10-8-5-6-9-11(10)15(12,13)14;;/h5-6,8-9H,2-4,7H2,1H3,(H,12,13,14);;. The molecule has 0 aromatic heterocycles. The molecule has 0 bridgehead atoms. The first-order valence-electron chi connectivity index (χ1n) is 5.11. The first kappa shape index (κ1) is 16.1. The van der Waals surface area contributed by atoms with Crippen LogP contribution in [0.2, 0.25) is 0 Å². The number of unbranched alkanes of at least 4 members (excludes halogenated alkanes) is 2. The number of rotatable bonds is 5. The van der Waals surface area contributed by atoms with E-state index in [0.717, 1.165) is 19.3 Å². The summed E-state index contributed by atoms with van der Waals surface area (Å²) in [6, 6.07) is 6.59. The van der Waals surface area contributed by atoms with Crippen molar-refractivity contribution in [3.8, 4) is 0 Å². The van der Waals surface area contributed by atoms with E-state index < -0.39 is 10.1 Å². The summed E-state index contributed by atoms with van der Waals surface area (Å²) in [6.07, 6.45) is 3.81. The van der Waals surface area contributed by atoms with Gasteiger partial charge in [0.15, 0.2) is 0 Å². The molecule has 0 heterocycles. The predicted molar refractivity (Wildman–Crippen MR) is 66.6 cm³/mol. The van der Waals surface area contributed by atoms with Crippen LogP contribution in [0.4, 0.5) is 0 Å². The van der Waals surface area contributed by atoms with E-state index >= 15 is 0 Å². The normalized spacial score (nSPS) is 10.9.